The SMILES string of the molecule is C1CO1.C=CC(=O)O.CC(C)(c1ccc(O)cc1)c1ccc(O)cc1. The minimum Gasteiger partial charge on any atom is -0.508 e. The fourth-order valence-electron chi connectivity index (χ4n) is 1.92. The van der Waals surface area contributed by atoms with Crippen LogP contribution >= 0.6 is 0 Å². The molecule has 0 spiro atoms. The quantitative estimate of drug-likeness (QED) is 0.583. The van der Waals surface area contributed by atoms with Gasteiger partial charge in [-0.2, -0.15) is 0 Å². The largest absolute Gasteiger partial charge is 0.508 e. The van der Waals surface area contributed by atoms with E-state index in [2.05, 4.69) is 25.2 Å². The normalized spacial score (nSPS) is 11.9. The van der Waals surface area contributed by atoms with Crippen molar-refractivity contribution in [2.75, 3.05) is 13.2 Å². The first-order chi connectivity index (χ1) is 11.8. The summed E-state index contributed by atoms with van der Waals surface area (Å²) in [6, 6.07) is 14.4. The van der Waals surface area contributed by atoms with E-state index >= 15 is 0 Å². The van der Waals surface area contributed by atoms with E-state index in [0.717, 1.165) is 30.4 Å². The van der Waals surface area contributed by atoms with E-state index in [1.165, 1.54) is 0 Å². The van der Waals surface area contributed by atoms with Gasteiger partial charge in [0.1, 0.15) is 11.5 Å². The van der Waals surface area contributed by atoms with Crippen molar-refractivity contribution in [3.63, 3.8) is 0 Å². The lowest BCUT2D eigenvalue weighted by Gasteiger charge is -2.26. The number of hydrogen-bond donors (Lipinski definition) is 3. The Morgan fingerprint density at radius 2 is 1.24 bits per heavy atom. The number of aliphatic carboxylic acids is 1. The maximum absolute atomic E-state index is 9.30. The third-order valence-corrected chi connectivity index (χ3v) is 3.56. The lowest BCUT2D eigenvalue weighted by atomic mass is 9.78. The summed E-state index contributed by atoms with van der Waals surface area (Å²) in [5.41, 5.74) is 2.10. The molecule has 0 saturated carbocycles. The van der Waals surface area contributed by atoms with Gasteiger partial charge in [0.15, 0.2) is 0 Å². The third-order valence-electron chi connectivity index (χ3n) is 3.56. The van der Waals surface area contributed by atoms with Gasteiger partial charge in [-0.3, -0.25) is 0 Å². The van der Waals surface area contributed by atoms with E-state index < -0.39 is 5.97 Å². The van der Waals surface area contributed by atoms with Crippen LogP contribution in [0, 0.1) is 0 Å². The van der Waals surface area contributed by atoms with Crippen molar-refractivity contribution in [3.8, 4) is 11.5 Å². The average molecular weight is 344 g/mol. The number of rotatable bonds is 3. The van der Waals surface area contributed by atoms with Gasteiger partial charge < -0.3 is 20.1 Å². The Labute approximate surface area is 147 Å². The third kappa shape index (κ3) is 7.54. The highest BCUT2D eigenvalue weighted by Crippen LogP contribution is 2.32. The van der Waals surface area contributed by atoms with Crippen molar-refractivity contribution in [2.24, 2.45) is 0 Å². The lowest BCUT2D eigenvalue weighted by molar-refractivity contribution is -0.131. The van der Waals surface area contributed by atoms with Gasteiger partial charge in [0.2, 0.25) is 0 Å². The molecule has 5 nitrogen and oxygen atoms in total. The van der Waals surface area contributed by atoms with Gasteiger partial charge in [-0.05, 0) is 35.4 Å². The molecule has 5 heteroatoms. The van der Waals surface area contributed by atoms with Crippen molar-refractivity contribution in [1.29, 1.82) is 0 Å². The Hall–Kier alpha value is -2.79. The topological polar surface area (TPSA) is 90.3 Å². The Balaban J connectivity index is 0.000000323. The van der Waals surface area contributed by atoms with E-state index in [1.807, 2.05) is 24.3 Å². The highest BCUT2D eigenvalue weighted by atomic mass is 16.6. The Morgan fingerprint density at radius 3 is 1.44 bits per heavy atom. The predicted molar refractivity (Wildman–Crippen MR) is 97.0 cm³/mol. The summed E-state index contributed by atoms with van der Waals surface area (Å²) in [6.07, 6.45) is 0.833. The zero-order valence-corrected chi connectivity index (χ0v) is 14.5. The first kappa shape index (κ1) is 20.3. The number of benzene rings is 2. The van der Waals surface area contributed by atoms with E-state index in [4.69, 9.17) is 5.11 Å². The smallest absolute Gasteiger partial charge is 0.327 e. The van der Waals surface area contributed by atoms with E-state index in [0.29, 0.717) is 0 Å². The predicted octanol–water partition coefficient (Wildman–Crippen LogP) is 3.70. The van der Waals surface area contributed by atoms with Crippen LogP contribution < -0.4 is 0 Å². The summed E-state index contributed by atoms with van der Waals surface area (Å²) in [5, 5.41) is 26.2. The molecule has 2 aromatic rings. The van der Waals surface area contributed by atoms with Gasteiger partial charge >= 0.3 is 5.97 Å². The number of epoxide rings is 1. The molecule has 1 aliphatic heterocycles. The van der Waals surface area contributed by atoms with Crippen molar-refractivity contribution in [1.82, 2.24) is 0 Å². The molecular weight excluding hydrogens is 320 g/mol. The highest BCUT2D eigenvalue weighted by molar-refractivity contribution is 5.78. The molecule has 3 rings (SSSR count). The summed E-state index contributed by atoms with van der Waals surface area (Å²) >= 11 is 0. The van der Waals surface area contributed by atoms with Crippen molar-refractivity contribution < 1.29 is 24.9 Å². The number of carboxylic acids is 1. The van der Waals surface area contributed by atoms with Crippen LogP contribution in [0.1, 0.15) is 25.0 Å². The van der Waals surface area contributed by atoms with Gasteiger partial charge in [-0.1, -0.05) is 44.7 Å². The summed E-state index contributed by atoms with van der Waals surface area (Å²) in [7, 11) is 0. The van der Waals surface area contributed by atoms with Gasteiger partial charge in [0, 0.05) is 11.5 Å². The highest BCUT2D eigenvalue weighted by Gasteiger charge is 2.22. The van der Waals surface area contributed by atoms with Crippen LogP contribution in [0.15, 0.2) is 61.2 Å². The molecule has 1 heterocycles. The van der Waals surface area contributed by atoms with Gasteiger partial charge in [-0.25, -0.2) is 4.79 Å². The Bertz CT molecular complexity index is 620. The first-order valence-electron chi connectivity index (χ1n) is 7.79. The first-order valence-corrected chi connectivity index (χ1v) is 7.79. The molecular formula is C20H24O5. The van der Waals surface area contributed by atoms with E-state index in [-0.39, 0.29) is 16.9 Å². The monoisotopic (exact) mass is 344 g/mol. The maximum atomic E-state index is 9.30. The molecule has 2 aromatic carbocycles. The molecule has 25 heavy (non-hydrogen) atoms. The molecule has 0 bridgehead atoms. The molecule has 3 N–H and O–H groups in total. The fourth-order valence-corrected chi connectivity index (χ4v) is 1.92. The zero-order chi connectivity index (χ0) is 18.9. The van der Waals surface area contributed by atoms with Gasteiger partial charge in [0.25, 0.3) is 0 Å². The molecule has 0 radical (unpaired) electrons. The maximum Gasteiger partial charge on any atom is 0.327 e. The van der Waals surface area contributed by atoms with Crippen LogP contribution in [0.2, 0.25) is 0 Å². The minimum atomic E-state index is -0.981. The molecule has 0 unspecified atom stereocenters. The summed E-state index contributed by atoms with van der Waals surface area (Å²) in [5.74, 6) is -0.435. The van der Waals surface area contributed by atoms with Crippen LogP contribution in [-0.2, 0) is 14.9 Å². The second-order valence-electron chi connectivity index (χ2n) is 5.87. The molecule has 1 saturated heterocycles. The van der Waals surface area contributed by atoms with Crippen molar-refractivity contribution in [3.05, 3.63) is 72.3 Å². The van der Waals surface area contributed by atoms with Crippen molar-refractivity contribution >= 4 is 5.97 Å². The number of phenolic OH excluding ortho intramolecular Hbond substituents is 2. The second kappa shape index (κ2) is 9.49. The molecule has 1 aliphatic rings. The van der Waals surface area contributed by atoms with E-state index in [9.17, 15) is 15.0 Å². The second-order valence-corrected chi connectivity index (χ2v) is 5.87. The number of aromatic hydroxyl groups is 2. The molecule has 134 valence electrons. The minimum absolute atomic E-state index is 0.151. The standard InChI is InChI=1S/C15H16O2.C3H4O2.C2H4O/c1-15(2,11-3-7-13(16)8-4-11)12-5-9-14(17)10-6-12;1-2-3(4)5;1-2-3-1/h3-10,16-17H,1-2H3;2H,1H2,(H,4,5);1-2H2. The number of hydrogen-bond acceptors (Lipinski definition) is 4. The summed E-state index contributed by atoms with van der Waals surface area (Å²) < 4.78 is 4.50. The Morgan fingerprint density at radius 1 is 0.960 bits per heavy atom. The summed E-state index contributed by atoms with van der Waals surface area (Å²) in [6.45, 7) is 9.19. The van der Waals surface area contributed by atoms with Gasteiger partial charge in [0.05, 0.1) is 13.2 Å². The van der Waals surface area contributed by atoms with Crippen LogP contribution in [0.4, 0.5) is 0 Å². The number of phenols is 2. The lowest BCUT2D eigenvalue weighted by Crippen LogP contribution is -2.18. The average Bonchev–Trinajstić information content (AvgIpc) is 3.45. The summed E-state index contributed by atoms with van der Waals surface area (Å²) in [4.78, 5) is 9.25. The molecule has 0 amide bonds. The fraction of sp³-hybridized carbons (Fsp3) is 0.250. The molecule has 0 aliphatic carbocycles. The van der Waals surface area contributed by atoms with Crippen LogP contribution in [-0.4, -0.2) is 34.5 Å². The Kier molecular flexibility index (Phi) is 7.69. The van der Waals surface area contributed by atoms with Gasteiger partial charge in [-0.15, -0.1) is 0 Å². The molecule has 1 fully saturated rings. The number of carboxylic acid groups (broad SMARTS) is 1. The zero-order valence-electron chi connectivity index (χ0n) is 14.5. The van der Waals surface area contributed by atoms with Crippen LogP contribution in [0.3, 0.4) is 0 Å². The number of carbonyl (C=O) groups is 1. The van der Waals surface area contributed by atoms with Crippen LogP contribution in [0.5, 0.6) is 11.5 Å². The van der Waals surface area contributed by atoms with Crippen LogP contribution in [0.25, 0.3) is 0 Å². The number of ether oxygens (including phenoxy) is 1. The molecule has 0 aromatic heterocycles. The van der Waals surface area contributed by atoms with E-state index in [1.54, 1.807) is 24.3 Å². The van der Waals surface area contributed by atoms with Crippen molar-refractivity contribution in [2.45, 2.75) is 19.3 Å². The molecule has 0 atom stereocenters.